The number of carbonyl (C=O) groups is 3. The lowest BCUT2D eigenvalue weighted by molar-refractivity contribution is -0.870. The SMILES string of the molecule is CC/C=C\C/C=C\C/C=C\C/C=C\C/C=C\C/C=C\C/C=C\CCCCCC(=O)OC(COC(=O)CCCC/C=C\C/C=C\C/C=C\C/C=C\CC)COC(OCC[N+](C)(C)C)C(=O)[O-]. The van der Waals surface area contributed by atoms with E-state index in [1.165, 1.54) is 0 Å². The summed E-state index contributed by atoms with van der Waals surface area (Å²) < 4.78 is 22.5. The smallest absolute Gasteiger partial charge is 0.306 e. The molecule has 0 spiro atoms. The predicted octanol–water partition coefficient (Wildman–Crippen LogP) is 12.2. The molecular formula is C56H87NO8. The molecule has 2 atom stereocenters. The molecule has 0 N–H and O–H groups in total. The minimum atomic E-state index is -1.65. The van der Waals surface area contributed by atoms with Crippen molar-refractivity contribution in [3.8, 4) is 0 Å². The van der Waals surface area contributed by atoms with Crippen LogP contribution >= 0.6 is 0 Å². The highest BCUT2D eigenvalue weighted by molar-refractivity contribution is 5.70. The van der Waals surface area contributed by atoms with Crippen molar-refractivity contribution in [1.29, 1.82) is 0 Å². The molecule has 364 valence electrons. The number of rotatable bonds is 42. The fourth-order valence-corrected chi connectivity index (χ4v) is 5.68. The van der Waals surface area contributed by atoms with Gasteiger partial charge in [0.25, 0.3) is 0 Å². The summed E-state index contributed by atoms with van der Waals surface area (Å²) in [6.45, 7) is 4.38. The zero-order valence-electron chi connectivity index (χ0n) is 41.0. The third-order valence-corrected chi connectivity index (χ3v) is 9.39. The summed E-state index contributed by atoms with van der Waals surface area (Å²) in [4.78, 5) is 37.1. The maximum absolute atomic E-state index is 12.8. The van der Waals surface area contributed by atoms with Crippen molar-refractivity contribution in [2.24, 2.45) is 0 Å². The van der Waals surface area contributed by atoms with Gasteiger partial charge in [0, 0.05) is 12.8 Å². The van der Waals surface area contributed by atoms with Crippen molar-refractivity contribution in [2.75, 3.05) is 47.5 Å². The first kappa shape index (κ1) is 60.4. The van der Waals surface area contributed by atoms with E-state index in [2.05, 4.69) is 148 Å². The molecule has 0 aromatic heterocycles. The molecule has 0 bridgehead atoms. The average molecular weight is 902 g/mol. The van der Waals surface area contributed by atoms with E-state index in [0.29, 0.717) is 23.9 Å². The first-order valence-electron chi connectivity index (χ1n) is 24.3. The monoisotopic (exact) mass is 902 g/mol. The van der Waals surface area contributed by atoms with E-state index in [4.69, 9.17) is 18.9 Å². The second kappa shape index (κ2) is 46.0. The van der Waals surface area contributed by atoms with Crippen LogP contribution in [0.4, 0.5) is 0 Å². The molecule has 0 radical (unpaired) electrons. The van der Waals surface area contributed by atoms with Crippen LogP contribution in [0.2, 0.25) is 0 Å². The van der Waals surface area contributed by atoms with Gasteiger partial charge in [-0.1, -0.05) is 154 Å². The van der Waals surface area contributed by atoms with Crippen LogP contribution in [0, 0.1) is 0 Å². The van der Waals surface area contributed by atoms with Crippen LogP contribution in [0.1, 0.15) is 142 Å². The van der Waals surface area contributed by atoms with E-state index < -0.39 is 30.3 Å². The molecule has 9 heteroatoms. The molecule has 2 unspecified atom stereocenters. The number of quaternary nitrogens is 1. The molecule has 0 saturated carbocycles. The molecule has 0 aromatic carbocycles. The third-order valence-electron chi connectivity index (χ3n) is 9.39. The number of likely N-dealkylation sites (N-methyl/N-ethyl adjacent to an activating group) is 1. The van der Waals surface area contributed by atoms with Crippen molar-refractivity contribution < 1.29 is 42.9 Å². The minimum Gasteiger partial charge on any atom is -0.545 e. The quantitative estimate of drug-likeness (QED) is 0.0196. The molecule has 9 nitrogen and oxygen atoms in total. The molecule has 65 heavy (non-hydrogen) atoms. The number of allylic oxidation sites excluding steroid dienone is 22. The summed E-state index contributed by atoms with van der Waals surface area (Å²) in [5.41, 5.74) is 0. The van der Waals surface area contributed by atoms with E-state index in [1.807, 2.05) is 21.1 Å². The third kappa shape index (κ3) is 47.2. The number of nitrogens with zero attached hydrogens (tertiary/aromatic N) is 1. The Bertz CT molecular complexity index is 1520. The molecule has 0 fully saturated rings. The second-order valence-electron chi connectivity index (χ2n) is 16.6. The molecule has 0 aliphatic rings. The lowest BCUT2D eigenvalue weighted by Crippen LogP contribution is -2.44. The predicted molar refractivity (Wildman–Crippen MR) is 269 cm³/mol. The molecule has 0 aliphatic heterocycles. The second-order valence-corrected chi connectivity index (χ2v) is 16.6. The number of aliphatic carboxylic acids is 1. The number of carboxylic acid groups (broad SMARTS) is 1. The molecule has 0 aliphatic carbocycles. The van der Waals surface area contributed by atoms with Gasteiger partial charge in [-0.3, -0.25) is 9.59 Å². The summed E-state index contributed by atoms with van der Waals surface area (Å²) in [5, 5.41) is 11.7. The Labute approximate surface area is 395 Å². The van der Waals surface area contributed by atoms with Gasteiger partial charge in [0.05, 0.1) is 40.3 Å². The van der Waals surface area contributed by atoms with Gasteiger partial charge in [0.2, 0.25) is 0 Å². The minimum absolute atomic E-state index is 0.125. The van der Waals surface area contributed by atoms with Crippen LogP contribution in [-0.2, 0) is 33.3 Å². The molecule has 0 heterocycles. The van der Waals surface area contributed by atoms with Crippen molar-refractivity contribution in [2.45, 2.75) is 155 Å². The highest BCUT2D eigenvalue weighted by atomic mass is 16.7. The number of esters is 2. The standard InChI is InChI=1S/C56H87NO8/c1-6-8-10-12-14-16-18-20-22-23-24-25-26-27-28-29-30-31-33-35-37-39-41-43-45-47-54(59)65-52(51-64-56(55(60)61)62-49-48-57(3,4)5)50-63-53(58)46-44-42-40-38-36-34-32-21-19-17-15-13-11-9-7-2/h8-11,14-17,20-22,24-25,27-28,30-32,35-38,52,56H,6-7,12-13,18-19,23,26,29,33-34,39-51H2,1-5H3/b10-8-,11-9-,16-14-,17-15-,22-20-,25-24-,28-27-,31-30-,32-21-,37-35-,38-36-. The summed E-state index contributed by atoms with van der Waals surface area (Å²) in [6.07, 6.45) is 62.1. The Kier molecular flexibility index (Phi) is 42.7. The molecule has 0 saturated heterocycles. The lowest BCUT2D eigenvalue weighted by Gasteiger charge is -2.26. The van der Waals surface area contributed by atoms with Crippen LogP contribution < -0.4 is 5.11 Å². The van der Waals surface area contributed by atoms with E-state index in [0.717, 1.165) is 103 Å². The van der Waals surface area contributed by atoms with Crippen molar-refractivity contribution in [3.63, 3.8) is 0 Å². The Balaban J connectivity index is 4.53. The number of carbonyl (C=O) groups excluding carboxylic acids is 3. The molecule has 0 rings (SSSR count). The fourth-order valence-electron chi connectivity index (χ4n) is 5.68. The Morgan fingerprint density at radius 2 is 0.831 bits per heavy atom. The van der Waals surface area contributed by atoms with Crippen molar-refractivity contribution in [1.82, 2.24) is 0 Å². The number of hydrogen-bond acceptors (Lipinski definition) is 8. The van der Waals surface area contributed by atoms with E-state index >= 15 is 0 Å². The topological polar surface area (TPSA) is 111 Å². The zero-order valence-corrected chi connectivity index (χ0v) is 41.0. The highest BCUT2D eigenvalue weighted by Gasteiger charge is 2.21. The fraction of sp³-hybridized carbons (Fsp3) is 0.554. The number of carboxylic acids is 1. The van der Waals surface area contributed by atoms with Gasteiger partial charge in [0.15, 0.2) is 12.4 Å². The Morgan fingerprint density at radius 1 is 0.462 bits per heavy atom. The first-order valence-corrected chi connectivity index (χ1v) is 24.3. The number of ether oxygens (including phenoxy) is 4. The first-order chi connectivity index (χ1) is 31.6. The highest BCUT2D eigenvalue weighted by Crippen LogP contribution is 2.10. The van der Waals surface area contributed by atoms with Crippen LogP contribution in [0.25, 0.3) is 0 Å². The lowest BCUT2D eigenvalue weighted by atomic mass is 10.1. The van der Waals surface area contributed by atoms with Crippen LogP contribution in [0.5, 0.6) is 0 Å². The largest absolute Gasteiger partial charge is 0.545 e. The maximum Gasteiger partial charge on any atom is 0.306 e. The number of hydrogen-bond donors (Lipinski definition) is 0. The van der Waals surface area contributed by atoms with Gasteiger partial charge in [-0.2, -0.15) is 0 Å². The molecule has 0 aromatic rings. The van der Waals surface area contributed by atoms with Crippen LogP contribution in [0.15, 0.2) is 134 Å². The summed E-state index contributed by atoms with van der Waals surface area (Å²) >= 11 is 0. The van der Waals surface area contributed by atoms with Gasteiger partial charge >= 0.3 is 11.9 Å². The van der Waals surface area contributed by atoms with Gasteiger partial charge in [-0.25, -0.2) is 0 Å². The van der Waals surface area contributed by atoms with Crippen LogP contribution in [-0.4, -0.2) is 82.3 Å². The van der Waals surface area contributed by atoms with Gasteiger partial charge in [0.1, 0.15) is 13.2 Å². The average Bonchev–Trinajstić information content (AvgIpc) is 3.27. The summed E-state index contributed by atoms with van der Waals surface area (Å²) in [5.74, 6) is -2.41. The van der Waals surface area contributed by atoms with Gasteiger partial charge in [-0.05, 0) is 109 Å². The molecular weight excluding hydrogens is 815 g/mol. The van der Waals surface area contributed by atoms with Crippen LogP contribution in [0.3, 0.4) is 0 Å². The summed E-state index contributed by atoms with van der Waals surface area (Å²) in [7, 11) is 5.87. The summed E-state index contributed by atoms with van der Waals surface area (Å²) in [6, 6.07) is 0. The molecule has 0 amide bonds. The van der Waals surface area contributed by atoms with E-state index in [1.54, 1.807) is 0 Å². The zero-order chi connectivity index (χ0) is 47.7. The van der Waals surface area contributed by atoms with E-state index in [-0.39, 0.29) is 32.7 Å². The number of unbranched alkanes of at least 4 members (excludes halogenated alkanes) is 5. The van der Waals surface area contributed by atoms with Crippen molar-refractivity contribution in [3.05, 3.63) is 134 Å². The normalized spacial score (nSPS) is 14.0. The van der Waals surface area contributed by atoms with Gasteiger partial charge < -0.3 is 33.3 Å². The Hall–Kier alpha value is -4.57. The maximum atomic E-state index is 12.8. The van der Waals surface area contributed by atoms with E-state index in [9.17, 15) is 19.5 Å². The van der Waals surface area contributed by atoms with Gasteiger partial charge in [-0.15, -0.1) is 0 Å². The van der Waals surface area contributed by atoms with Crippen molar-refractivity contribution >= 4 is 17.9 Å². The Morgan fingerprint density at radius 3 is 1.23 bits per heavy atom.